The molecule has 152 valence electrons. The first-order valence-electron chi connectivity index (χ1n) is 9.41. The lowest BCUT2D eigenvalue weighted by Crippen LogP contribution is -2.21. The Bertz CT molecular complexity index is 1000. The highest BCUT2D eigenvalue weighted by atomic mass is 32.2. The lowest BCUT2D eigenvalue weighted by Gasteiger charge is -2.11. The Kier molecular flexibility index (Phi) is 7.40. The molecule has 0 aliphatic heterocycles. The van der Waals surface area contributed by atoms with Crippen LogP contribution in [0.15, 0.2) is 89.8 Å². The van der Waals surface area contributed by atoms with Gasteiger partial charge in [-0.15, -0.1) is 11.8 Å². The molecule has 0 aliphatic carbocycles. The van der Waals surface area contributed by atoms with Crippen molar-refractivity contribution in [2.75, 3.05) is 11.9 Å². The fraction of sp³-hybridized carbons (Fsp3) is 0.125. The topological polar surface area (TPSA) is 72.5 Å². The Morgan fingerprint density at radius 1 is 0.833 bits per heavy atom. The van der Waals surface area contributed by atoms with Crippen molar-refractivity contribution in [3.63, 3.8) is 0 Å². The molecule has 0 fully saturated rings. The normalized spacial score (nSPS) is 11.4. The molecule has 3 rings (SSSR count). The minimum atomic E-state index is -0.441. The molecule has 1 N–H and O–H groups in total. The van der Waals surface area contributed by atoms with E-state index >= 15 is 0 Å². The van der Waals surface area contributed by atoms with E-state index in [9.17, 15) is 14.4 Å². The van der Waals surface area contributed by atoms with Crippen molar-refractivity contribution in [2.45, 2.75) is 17.1 Å². The average molecular weight is 420 g/mol. The van der Waals surface area contributed by atoms with Crippen molar-refractivity contribution < 1.29 is 19.1 Å². The van der Waals surface area contributed by atoms with E-state index in [2.05, 4.69) is 5.32 Å². The summed E-state index contributed by atoms with van der Waals surface area (Å²) in [5.74, 6) is -0.973. The van der Waals surface area contributed by atoms with Gasteiger partial charge < -0.3 is 10.1 Å². The van der Waals surface area contributed by atoms with E-state index in [4.69, 9.17) is 4.74 Å². The fourth-order valence-corrected chi connectivity index (χ4v) is 3.51. The molecule has 1 atom stereocenters. The third-order valence-electron chi connectivity index (χ3n) is 4.23. The van der Waals surface area contributed by atoms with Crippen LogP contribution in [0.25, 0.3) is 0 Å². The molecular formula is C24H21NO4S. The molecule has 0 spiro atoms. The summed E-state index contributed by atoms with van der Waals surface area (Å²) in [6.45, 7) is 1.42. The molecule has 0 bridgehead atoms. The Morgan fingerprint density at radius 3 is 2.07 bits per heavy atom. The zero-order valence-electron chi connectivity index (χ0n) is 16.4. The summed E-state index contributed by atoms with van der Waals surface area (Å²) in [4.78, 5) is 37.6. The smallest absolute Gasteiger partial charge is 0.319 e. The largest absolute Gasteiger partial charge is 0.456 e. The van der Waals surface area contributed by atoms with E-state index in [1.165, 1.54) is 11.8 Å². The lowest BCUT2D eigenvalue weighted by atomic mass is 10.1. The monoisotopic (exact) mass is 419 g/mol. The Balaban J connectivity index is 1.49. The number of carbonyl (C=O) groups is 3. The molecule has 0 heterocycles. The quantitative estimate of drug-likeness (QED) is 0.321. The number of hydrogen-bond acceptors (Lipinski definition) is 5. The van der Waals surface area contributed by atoms with Gasteiger partial charge in [-0.1, -0.05) is 36.4 Å². The maximum Gasteiger partial charge on any atom is 0.319 e. The highest BCUT2D eigenvalue weighted by Gasteiger charge is 2.18. The van der Waals surface area contributed by atoms with E-state index in [-0.39, 0.29) is 18.3 Å². The summed E-state index contributed by atoms with van der Waals surface area (Å²) in [7, 11) is 0. The number of carbonyl (C=O) groups excluding carboxylic acids is 3. The Morgan fingerprint density at radius 2 is 1.43 bits per heavy atom. The van der Waals surface area contributed by atoms with Gasteiger partial charge in [0.05, 0.1) is 0 Å². The zero-order valence-corrected chi connectivity index (χ0v) is 17.2. The maximum atomic E-state index is 12.3. The number of Topliss-reactive ketones (excluding diaryl/α,β-unsaturated/α-hetero) is 1. The van der Waals surface area contributed by atoms with E-state index in [1.807, 2.05) is 36.4 Å². The van der Waals surface area contributed by atoms with Crippen LogP contribution in [0.2, 0.25) is 0 Å². The van der Waals surface area contributed by atoms with Crippen molar-refractivity contribution in [2.24, 2.45) is 0 Å². The van der Waals surface area contributed by atoms with Crippen LogP contribution in [0.1, 0.15) is 27.6 Å². The number of amides is 1. The molecule has 0 unspecified atom stereocenters. The number of rotatable bonds is 8. The Labute approximate surface area is 179 Å². The molecule has 5 nitrogen and oxygen atoms in total. The molecule has 30 heavy (non-hydrogen) atoms. The van der Waals surface area contributed by atoms with Crippen LogP contribution in [0.3, 0.4) is 0 Å². The maximum absolute atomic E-state index is 12.3. The Hall–Kier alpha value is -3.38. The molecule has 0 saturated carbocycles. The van der Waals surface area contributed by atoms with Crippen molar-refractivity contribution in [1.29, 1.82) is 0 Å². The van der Waals surface area contributed by atoms with E-state index < -0.39 is 11.2 Å². The second-order valence-corrected chi connectivity index (χ2v) is 7.92. The summed E-state index contributed by atoms with van der Waals surface area (Å²) < 4.78 is 5.17. The summed E-state index contributed by atoms with van der Waals surface area (Å²) in [5.41, 5.74) is 1.53. The molecule has 0 aromatic heterocycles. The number of nitrogens with one attached hydrogen (secondary N) is 1. The molecular weight excluding hydrogens is 398 g/mol. The van der Waals surface area contributed by atoms with Gasteiger partial charge in [-0.25, -0.2) is 0 Å². The van der Waals surface area contributed by atoms with Gasteiger partial charge in [0.15, 0.2) is 12.4 Å². The SMILES string of the molecule is C[C@@H](Sc1ccccc1)C(=O)OCC(=O)c1ccc(NC(=O)c2ccccc2)cc1. The standard InChI is InChI=1S/C24H21NO4S/c1-17(30-21-10-6-3-7-11-21)24(28)29-16-22(26)18-12-14-20(15-13-18)25-23(27)19-8-4-2-5-9-19/h2-15,17H,16H2,1H3,(H,25,27)/t17-/m1/s1. The molecule has 3 aromatic carbocycles. The van der Waals surface area contributed by atoms with Gasteiger partial charge in [0.2, 0.25) is 0 Å². The first-order valence-corrected chi connectivity index (χ1v) is 10.3. The van der Waals surface area contributed by atoms with Crippen LogP contribution in [0, 0.1) is 0 Å². The van der Waals surface area contributed by atoms with Crippen molar-refractivity contribution >= 4 is 35.1 Å². The second-order valence-electron chi connectivity index (χ2n) is 6.50. The van der Waals surface area contributed by atoms with Gasteiger partial charge in [0, 0.05) is 21.7 Å². The number of esters is 1. The molecule has 1 amide bonds. The number of anilines is 1. The number of hydrogen-bond donors (Lipinski definition) is 1. The van der Waals surface area contributed by atoms with Crippen molar-refractivity contribution in [3.05, 3.63) is 96.1 Å². The van der Waals surface area contributed by atoms with Crippen LogP contribution in [-0.2, 0) is 9.53 Å². The lowest BCUT2D eigenvalue weighted by molar-refractivity contribution is -0.141. The van der Waals surface area contributed by atoms with Crippen LogP contribution < -0.4 is 5.32 Å². The van der Waals surface area contributed by atoms with E-state index in [0.717, 1.165) is 4.90 Å². The summed E-state index contributed by atoms with van der Waals surface area (Å²) in [6.07, 6.45) is 0. The van der Waals surface area contributed by atoms with Gasteiger partial charge >= 0.3 is 5.97 Å². The molecule has 0 aliphatic rings. The fourth-order valence-electron chi connectivity index (χ4n) is 2.62. The second kappa shape index (κ2) is 10.4. The minimum absolute atomic E-state index is 0.228. The number of benzene rings is 3. The first-order chi connectivity index (χ1) is 14.5. The predicted molar refractivity (Wildman–Crippen MR) is 118 cm³/mol. The molecule has 6 heteroatoms. The van der Waals surface area contributed by atoms with Crippen LogP contribution in [-0.4, -0.2) is 29.5 Å². The van der Waals surface area contributed by atoms with Gasteiger partial charge in [-0.2, -0.15) is 0 Å². The van der Waals surface area contributed by atoms with Gasteiger partial charge in [-0.05, 0) is 55.5 Å². The first kappa shape index (κ1) is 21.3. The summed E-state index contributed by atoms with van der Waals surface area (Å²) >= 11 is 1.38. The third-order valence-corrected chi connectivity index (χ3v) is 5.32. The highest BCUT2D eigenvalue weighted by Crippen LogP contribution is 2.23. The number of ketones is 1. The van der Waals surface area contributed by atoms with E-state index in [0.29, 0.717) is 16.8 Å². The average Bonchev–Trinajstić information content (AvgIpc) is 2.79. The zero-order chi connectivity index (χ0) is 21.3. The number of thioether (sulfide) groups is 1. The van der Waals surface area contributed by atoms with Crippen LogP contribution in [0.5, 0.6) is 0 Å². The van der Waals surface area contributed by atoms with Crippen molar-refractivity contribution in [3.8, 4) is 0 Å². The van der Waals surface area contributed by atoms with Crippen LogP contribution in [0.4, 0.5) is 5.69 Å². The predicted octanol–water partition coefficient (Wildman–Crippen LogP) is 4.85. The van der Waals surface area contributed by atoms with Crippen LogP contribution >= 0.6 is 11.8 Å². The van der Waals surface area contributed by atoms with Gasteiger partial charge in [0.1, 0.15) is 5.25 Å². The molecule has 3 aromatic rings. The number of ether oxygens (including phenoxy) is 1. The van der Waals surface area contributed by atoms with Gasteiger partial charge in [0.25, 0.3) is 5.91 Å². The van der Waals surface area contributed by atoms with Crippen molar-refractivity contribution in [1.82, 2.24) is 0 Å². The molecule has 0 saturated heterocycles. The third kappa shape index (κ3) is 6.06. The molecule has 0 radical (unpaired) electrons. The summed E-state index contributed by atoms with van der Waals surface area (Å²) in [5, 5.41) is 2.35. The van der Waals surface area contributed by atoms with Gasteiger partial charge in [-0.3, -0.25) is 14.4 Å². The minimum Gasteiger partial charge on any atom is -0.456 e. The highest BCUT2D eigenvalue weighted by molar-refractivity contribution is 8.00. The summed E-state index contributed by atoms with van der Waals surface area (Å²) in [6, 6.07) is 24.9. The van der Waals surface area contributed by atoms with E-state index in [1.54, 1.807) is 55.5 Å².